The first-order chi connectivity index (χ1) is 7.37. The number of methoxy groups -OCH3 is 1. The summed E-state index contributed by atoms with van der Waals surface area (Å²) in [5.41, 5.74) is 1.14. The largest absolute Gasteiger partial charge is 0.504 e. The first-order valence-corrected chi connectivity index (χ1v) is 7.16. The van der Waals surface area contributed by atoms with Gasteiger partial charge in [-0.1, -0.05) is 13.0 Å². The zero-order valence-electron chi connectivity index (χ0n) is 9.03. The van der Waals surface area contributed by atoms with Gasteiger partial charge < -0.3 is 9.84 Å². The molecule has 0 heterocycles. The number of phenolic OH excluding ortho intramolecular Hbond substituents is 1. The van der Waals surface area contributed by atoms with E-state index in [-0.39, 0.29) is 17.1 Å². The fraction of sp³-hybridized carbons (Fsp3) is 0.400. The molecule has 1 aromatic carbocycles. The number of hydrogen-bond donors (Lipinski definition) is 1. The van der Waals surface area contributed by atoms with Crippen LogP contribution in [-0.4, -0.2) is 20.6 Å². The predicted molar refractivity (Wildman–Crippen MR) is 62.5 cm³/mol. The van der Waals surface area contributed by atoms with E-state index in [1.54, 1.807) is 12.1 Å². The molecule has 0 spiro atoms. The van der Waals surface area contributed by atoms with E-state index in [2.05, 4.69) is 0 Å². The summed E-state index contributed by atoms with van der Waals surface area (Å²) < 4.78 is 26.9. The van der Waals surface area contributed by atoms with Crippen LogP contribution in [0.4, 0.5) is 0 Å². The second-order valence-corrected chi connectivity index (χ2v) is 6.12. The van der Waals surface area contributed by atoms with Crippen LogP contribution in [0.25, 0.3) is 0 Å². The molecule has 0 saturated heterocycles. The molecule has 0 unspecified atom stereocenters. The lowest BCUT2D eigenvalue weighted by Crippen LogP contribution is -1.98. The van der Waals surface area contributed by atoms with E-state index >= 15 is 0 Å². The Morgan fingerprint density at radius 3 is 2.50 bits per heavy atom. The fourth-order valence-electron chi connectivity index (χ4n) is 1.38. The van der Waals surface area contributed by atoms with Crippen molar-refractivity contribution in [2.45, 2.75) is 19.1 Å². The van der Waals surface area contributed by atoms with Crippen molar-refractivity contribution in [1.82, 2.24) is 0 Å². The summed E-state index contributed by atoms with van der Waals surface area (Å²) >= 11 is 0. The molecule has 4 nitrogen and oxygen atoms in total. The minimum Gasteiger partial charge on any atom is -0.504 e. The molecule has 0 fully saturated rings. The Morgan fingerprint density at radius 1 is 1.44 bits per heavy atom. The molecule has 0 bridgehead atoms. The smallest absolute Gasteiger partial charge is 0.236 e. The molecule has 1 N–H and O–H groups in total. The van der Waals surface area contributed by atoms with E-state index in [0.29, 0.717) is 6.42 Å². The van der Waals surface area contributed by atoms with E-state index in [1.165, 1.54) is 7.11 Å². The first kappa shape index (κ1) is 13.1. The number of aryl methyl sites for hydroxylation is 1. The van der Waals surface area contributed by atoms with Crippen LogP contribution >= 0.6 is 10.7 Å². The maximum Gasteiger partial charge on any atom is 0.236 e. The second-order valence-electron chi connectivity index (χ2n) is 3.34. The quantitative estimate of drug-likeness (QED) is 0.846. The van der Waals surface area contributed by atoms with E-state index < -0.39 is 14.8 Å². The number of aromatic hydroxyl groups is 1. The van der Waals surface area contributed by atoms with Crippen molar-refractivity contribution in [3.63, 3.8) is 0 Å². The Balaban J connectivity index is 3.26. The van der Waals surface area contributed by atoms with Crippen LogP contribution < -0.4 is 4.74 Å². The third-order valence-corrected chi connectivity index (χ3v) is 3.15. The van der Waals surface area contributed by atoms with Crippen molar-refractivity contribution in [2.24, 2.45) is 0 Å². The molecule has 0 aromatic heterocycles. The third kappa shape index (κ3) is 3.28. The molecule has 0 amide bonds. The number of rotatable bonds is 4. The van der Waals surface area contributed by atoms with Crippen molar-refractivity contribution in [3.05, 3.63) is 23.3 Å². The van der Waals surface area contributed by atoms with Gasteiger partial charge in [0.2, 0.25) is 9.05 Å². The minimum absolute atomic E-state index is 0.177. The highest BCUT2D eigenvalue weighted by Crippen LogP contribution is 2.33. The van der Waals surface area contributed by atoms with Gasteiger partial charge in [-0.25, -0.2) is 8.42 Å². The summed E-state index contributed by atoms with van der Waals surface area (Å²) in [6.45, 7) is 1.92. The Hall–Kier alpha value is -0.940. The number of ether oxygens (including phenoxy) is 1. The highest BCUT2D eigenvalue weighted by molar-refractivity contribution is 8.13. The molecule has 1 rings (SSSR count). The van der Waals surface area contributed by atoms with E-state index in [4.69, 9.17) is 15.4 Å². The lowest BCUT2D eigenvalue weighted by molar-refractivity contribution is 0.371. The average Bonchev–Trinajstić information content (AvgIpc) is 2.19. The molecule has 0 aliphatic heterocycles. The topological polar surface area (TPSA) is 63.6 Å². The molecule has 0 radical (unpaired) electrons. The van der Waals surface area contributed by atoms with E-state index in [0.717, 1.165) is 5.56 Å². The molecule has 1 aromatic rings. The number of hydrogen-bond acceptors (Lipinski definition) is 4. The summed E-state index contributed by atoms with van der Waals surface area (Å²) in [6, 6.07) is 3.28. The molecule has 0 aliphatic rings. The first-order valence-electron chi connectivity index (χ1n) is 4.68. The van der Waals surface area contributed by atoms with Gasteiger partial charge in [0.1, 0.15) is 0 Å². The normalized spacial score (nSPS) is 11.4. The molecular formula is C10H13ClO4S. The monoisotopic (exact) mass is 264 g/mol. The van der Waals surface area contributed by atoms with Gasteiger partial charge in [0, 0.05) is 16.2 Å². The summed E-state index contributed by atoms with van der Waals surface area (Å²) in [5.74, 6) is -0.330. The van der Waals surface area contributed by atoms with Crippen molar-refractivity contribution >= 4 is 19.7 Å². The van der Waals surface area contributed by atoms with Gasteiger partial charge in [0.15, 0.2) is 11.5 Å². The Labute approximate surface area is 99.2 Å². The molecule has 0 saturated carbocycles. The van der Waals surface area contributed by atoms with E-state index in [9.17, 15) is 13.5 Å². The fourth-order valence-corrected chi connectivity index (χ4v) is 2.33. The van der Waals surface area contributed by atoms with Crippen molar-refractivity contribution in [3.8, 4) is 11.5 Å². The lowest BCUT2D eigenvalue weighted by Gasteiger charge is -2.10. The van der Waals surface area contributed by atoms with Gasteiger partial charge in [-0.3, -0.25) is 0 Å². The Kier molecular flexibility index (Phi) is 4.04. The SMILES string of the molecule is CCc1cc(CS(=O)(=O)Cl)c(O)c(OC)c1. The van der Waals surface area contributed by atoms with Gasteiger partial charge in [0.05, 0.1) is 12.9 Å². The Morgan fingerprint density at radius 2 is 2.06 bits per heavy atom. The maximum atomic E-state index is 11.0. The maximum absolute atomic E-state index is 11.0. The van der Waals surface area contributed by atoms with Gasteiger partial charge in [0.25, 0.3) is 0 Å². The van der Waals surface area contributed by atoms with Gasteiger partial charge >= 0.3 is 0 Å². The summed E-state index contributed by atoms with van der Waals surface area (Å²) in [5, 5.41) is 9.72. The molecule has 90 valence electrons. The molecule has 0 atom stereocenters. The van der Waals surface area contributed by atoms with Crippen LogP contribution in [0.5, 0.6) is 11.5 Å². The number of phenols is 1. The van der Waals surface area contributed by atoms with Crippen molar-refractivity contribution in [1.29, 1.82) is 0 Å². The summed E-state index contributed by atoms with van der Waals surface area (Å²) in [7, 11) is 2.87. The lowest BCUT2D eigenvalue weighted by atomic mass is 10.1. The number of benzene rings is 1. The van der Waals surface area contributed by atoms with Crippen LogP contribution in [0.2, 0.25) is 0 Å². The molecule has 0 aliphatic carbocycles. The summed E-state index contributed by atoms with van der Waals surface area (Å²) in [4.78, 5) is 0. The van der Waals surface area contributed by atoms with Crippen LogP contribution in [-0.2, 0) is 21.2 Å². The van der Waals surface area contributed by atoms with Gasteiger partial charge in [-0.05, 0) is 18.1 Å². The van der Waals surface area contributed by atoms with Crippen LogP contribution in [0, 0.1) is 0 Å². The van der Waals surface area contributed by atoms with Crippen LogP contribution in [0.15, 0.2) is 12.1 Å². The predicted octanol–water partition coefficient (Wildman–Crippen LogP) is 2.03. The van der Waals surface area contributed by atoms with E-state index in [1.807, 2.05) is 6.92 Å². The molecular weight excluding hydrogens is 252 g/mol. The molecule has 16 heavy (non-hydrogen) atoms. The zero-order valence-corrected chi connectivity index (χ0v) is 10.6. The highest BCUT2D eigenvalue weighted by atomic mass is 35.7. The molecule has 6 heteroatoms. The number of halogens is 1. The standard InChI is InChI=1S/C10H13ClO4S/c1-3-7-4-8(6-16(11,13)14)10(12)9(5-7)15-2/h4-5,12H,3,6H2,1-2H3. The highest BCUT2D eigenvalue weighted by Gasteiger charge is 2.15. The van der Waals surface area contributed by atoms with Gasteiger partial charge in [-0.2, -0.15) is 0 Å². The average molecular weight is 265 g/mol. The van der Waals surface area contributed by atoms with Gasteiger partial charge in [-0.15, -0.1) is 0 Å². The third-order valence-electron chi connectivity index (χ3n) is 2.17. The van der Waals surface area contributed by atoms with Crippen molar-refractivity contribution < 1.29 is 18.3 Å². The van der Waals surface area contributed by atoms with Crippen LogP contribution in [0.3, 0.4) is 0 Å². The van der Waals surface area contributed by atoms with Crippen LogP contribution in [0.1, 0.15) is 18.1 Å². The Bertz CT molecular complexity index is 482. The second kappa shape index (κ2) is 4.93. The zero-order chi connectivity index (χ0) is 12.3. The summed E-state index contributed by atoms with van der Waals surface area (Å²) in [6.07, 6.45) is 0.714. The minimum atomic E-state index is -3.69. The van der Waals surface area contributed by atoms with Crippen molar-refractivity contribution in [2.75, 3.05) is 7.11 Å².